The molecule has 1 aliphatic rings. The molecule has 7 heteroatoms. The van der Waals surface area contributed by atoms with Crippen LogP contribution >= 0.6 is 0 Å². The molecule has 1 heterocycles. The van der Waals surface area contributed by atoms with E-state index in [9.17, 15) is 14.4 Å². The van der Waals surface area contributed by atoms with Gasteiger partial charge < -0.3 is 5.32 Å². The second kappa shape index (κ2) is 5.07. The van der Waals surface area contributed by atoms with Gasteiger partial charge in [-0.15, -0.1) is 0 Å². The Balaban J connectivity index is 2.48. The molecular weight excluding hydrogens is 200 g/mol. The SMILES string of the molecule is N#CCNC(=O)CN1C(=O)CNCC1=O. The molecule has 0 unspecified atom stereocenters. The van der Waals surface area contributed by atoms with Crippen LogP contribution in [0.5, 0.6) is 0 Å². The lowest BCUT2D eigenvalue weighted by Crippen LogP contribution is -2.54. The van der Waals surface area contributed by atoms with Gasteiger partial charge in [-0.25, -0.2) is 0 Å². The summed E-state index contributed by atoms with van der Waals surface area (Å²) in [7, 11) is 0. The van der Waals surface area contributed by atoms with Gasteiger partial charge in [0.15, 0.2) is 0 Å². The van der Waals surface area contributed by atoms with E-state index in [1.807, 2.05) is 0 Å². The molecule has 1 rings (SSSR count). The summed E-state index contributed by atoms with van der Waals surface area (Å²) >= 11 is 0. The number of nitrogens with one attached hydrogen (secondary N) is 2. The van der Waals surface area contributed by atoms with Crippen molar-refractivity contribution in [1.82, 2.24) is 15.5 Å². The van der Waals surface area contributed by atoms with E-state index in [1.165, 1.54) is 0 Å². The van der Waals surface area contributed by atoms with E-state index >= 15 is 0 Å². The molecule has 0 radical (unpaired) electrons. The van der Waals surface area contributed by atoms with Crippen molar-refractivity contribution in [2.45, 2.75) is 0 Å². The van der Waals surface area contributed by atoms with Crippen LogP contribution in [-0.4, -0.2) is 48.8 Å². The van der Waals surface area contributed by atoms with Crippen LogP contribution in [0.4, 0.5) is 0 Å². The molecule has 0 aromatic carbocycles. The Morgan fingerprint density at radius 1 is 1.47 bits per heavy atom. The summed E-state index contributed by atoms with van der Waals surface area (Å²) in [5.74, 6) is -1.38. The van der Waals surface area contributed by atoms with E-state index in [1.54, 1.807) is 6.07 Å². The van der Waals surface area contributed by atoms with Crippen molar-refractivity contribution < 1.29 is 14.4 Å². The van der Waals surface area contributed by atoms with E-state index in [2.05, 4.69) is 10.6 Å². The van der Waals surface area contributed by atoms with Crippen LogP contribution < -0.4 is 10.6 Å². The standard InChI is InChI=1S/C8H10N4O3/c9-1-2-11-6(13)5-12-7(14)3-10-4-8(12)15/h10H,2-5H2,(H,11,13). The second-order valence-corrected chi connectivity index (χ2v) is 2.91. The van der Waals surface area contributed by atoms with E-state index in [0.717, 1.165) is 4.90 Å². The first kappa shape index (κ1) is 11.1. The van der Waals surface area contributed by atoms with Gasteiger partial charge in [-0.05, 0) is 0 Å². The third kappa shape index (κ3) is 3.03. The number of nitrogens with zero attached hydrogens (tertiary/aromatic N) is 2. The predicted octanol–water partition coefficient (Wildman–Crippen LogP) is -2.42. The van der Waals surface area contributed by atoms with Crippen molar-refractivity contribution in [3.05, 3.63) is 0 Å². The van der Waals surface area contributed by atoms with Crippen molar-refractivity contribution >= 4 is 17.7 Å². The highest BCUT2D eigenvalue weighted by Crippen LogP contribution is 1.95. The second-order valence-electron chi connectivity index (χ2n) is 2.91. The number of carbonyl (C=O) groups is 3. The minimum atomic E-state index is -0.514. The fourth-order valence-electron chi connectivity index (χ4n) is 1.12. The molecule has 3 amide bonds. The van der Waals surface area contributed by atoms with Crippen LogP contribution in [0.3, 0.4) is 0 Å². The Labute approximate surface area is 86.0 Å². The first-order valence-electron chi connectivity index (χ1n) is 4.32. The third-order valence-corrected chi connectivity index (χ3v) is 1.82. The lowest BCUT2D eigenvalue weighted by atomic mass is 10.3. The highest BCUT2D eigenvalue weighted by molar-refractivity contribution is 6.02. The highest BCUT2D eigenvalue weighted by atomic mass is 16.2. The molecule has 2 N–H and O–H groups in total. The monoisotopic (exact) mass is 210 g/mol. The minimum Gasteiger partial charge on any atom is -0.341 e. The summed E-state index contributed by atoms with van der Waals surface area (Å²) in [6.45, 7) is -0.344. The first-order valence-corrected chi connectivity index (χ1v) is 4.32. The topological polar surface area (TPSA) is 102 Å². The van der Waals surface area contributed by atoms with E-state index < -0.39 is 17.7 Å². The molecule has 1 saturated heterocycles. The molecule has 0 bridgehead atoms. The van der Waals surface area contributed by atoms with Crippen LogP contribution in [0.25, 0.3) is 0 Å². The average molecular weight is 210 g/mol. The smallest absolute Gasteiger partial charge is 0.243 e. The van der Waals surface area contributed by atoms with Gasteiger partial charge in [0.05, 0.1) is 19.2 Å². The summed E-state index contributed by atoms with van der Waals surface area (Å²) in [5.41, 5.74) is 0. The molecule has 1 aliphatic heterocycles. The van der Waals surface area contributed by atoms with Crippen LogP contribution in [-0.2, 0) is 14.4 Å². The largest absolute Gasteiger partial charge is 0.341 e. The minimum absolute atomic E-state index is 0.0528. The molecule has 0 aromatic heterocycles. The molecule has 0 aromatic rings. The number of imide groups is 1. The van der Waals surface area contributed by atoms with Crippen molar-refractivity contribution in [2.75, 3.05) is 26.2 Å². The van der Waals surface area contributed by atoms with Crippen molar-refractivity contribution in [3.63, 3.8) is 0 Å². The number of amides is 3. The Morgan fingerprint density at radius 2 is 2.07 bits per heavy atom. The molecule has 0 spiro atoms. The quantitative estimate of drug-likeness (QED) is 0.399. The van der Waals surface area contributed by atoms with Gasteiger partial charge in [0.25, 0.3) is 0 Å². The maximum Gasteiger partial charge on any atom is 0.243 e. The number of rotatable bonds is 3. The predicted molar refractivity (Wildman–Crippen MR) is 48.2 cm³/mol. The maximum atomic E-state index is 11.2. The lowest BCUT2D eigenvalue weighted by Gasteiger charge is -2.24. The Kier molecular flexibility index (Phi) is 3.76. The zero-order valence-electron chi connectivity index (χ0n) is 7.95. The zero-order valence-corrected chi connectivity index (χ0v) is 7.95. The van der Waals surface area contributed by atoms with Crippen LogP contribution in [0.15, 0.2) is 0 Å². The van der Waals surface area contributed by atoms with Crippen LogP contribution in [0.1, 0.15) is 0 Å². The molecule has 0 atom stereocenters. The number of hydrogen-bond acceptors (Lipinski definition) is 5. The number of nitriles is 1. The summed E-state index contributed by atoms with van der Waals surface area (Å²) in [5, 5.41) is 13.1. The van der Waals surface area contributed by atoms with E-state index in [0.29, 0.717) is 0 Å². The molecule has 1 fully saturated rings. The first-order chi connectivity index (χ1) is 7.15. The normalized spacial score (nSPS) is 16.1. The van der Waals surface area contributed by atoms with Gasteiger partial charge in [-0.2, -0.15) is 5.26 Å². The van der Waals surface area contributed by atoms with Gasteiger partial charge in [0.1, 0.15) is 13.1 Å². The number of piperazine rings is 1. The average Bonchev–Trinajstić information content (AvgIpc) is 2.21. The highest BCUT2D eigenvalue weighted by Gasteiger charge is 2.27. The summed E-state index contributed by atoms with van der Waals surface area (Å²) in [6.07, 6.45) is 0. The summed E-state index contributed by atoms with van der Waals surface area (Å²) in [4.78, 5) is 34.4. The van der Waals surface area contributed by atoms with E-state index in [4.69, 9.17) is 5.26 Å². The summed E-state index contributed by atoms with van der Waals surface area (Å²) < 4.78 is 0. The summed E-state index contributed by atoms with van der Waals surface area (Å²) in [6, 6.07) is 1.73. The Hall–Kier alpha value is -1.94. The van der Waals surface area contributed by atoms with Gasteiger partial charge >= 0.3 is 0 Å². The lowest BCUT2D eigenvalue weighted by molar-refractivity contribution is -0.149. The van der Waals surface area contributed by atoms with Gasteiger partial charge in [0, 0.05) is 0 Å². The Bertz CT molecular complexity index is 317. The van der Waals surface area contributed by atoms with Gasteiger partial charge in [-0.1, -0.05) is 0 Å². The fourth-order valence-corrected chi connectivity index (χ4v) is 1.12. The maximum absolute atomic E-state index is 11.2. The molecule has 80 valence electrons. The van der Waals surface area contributed by atoms with Crippen molar-refractivity contribution in [1.29, 1.82) is 5.26 Å². The molecule has 15 heavy (non-hydrogen) atoms. The number of hydrogen-bond donors (Lipinski definition) is 2. The molecule has 7 nitrogen and oxygen atoms in total. The molecule has 0 aliphatic carbocycles. The van der Waals surface area contributed by atoms with Gasteiger partial charge in [0.2, 0.25) is 17.7 Å². The third-order valence-electron chi connectivity index (χ3n) is 1.82. The van der Waals surface area contributed by atoms with Gasteiger partial charge in [-0.3, -0.25) is 24.6 Å². The number of carbonyl (C=O) groups excluding carboxylic acids is 3. The zero-order chi connectivity index (χ0) is 11.3. The van der Waals surface area contributed by atoms with Crippen molar-refractivity contribution in [3.8, 4) is 6.07 Å². The van der Waals surface area contributed by atoms with E-state index in [-0.39, 0.29) is 26.2 Å². The Morgan fingerprint density at radius 3 is 2.60 bits per heavy atom. The van der Waals surface area contributed by atoms with Crippen LogP contribution in [0, 0.1) is 11.3 Å². The van der Waals surface area contributed by atoms with Crippen LogP contribution in [0.2, 0.25) is 0 Å². The molecular formula is C8H10N4O3. The fraction of sp³-hybridized carbons (Fsp3) is 0.500. The van der Waals surface area contributed by atoms with Crippen molar-refractivity contribution in [2.24, 2.45) is 0 Å². The molecule has 0 saturated carbocycles.